The summed E-state index contributed by atoms with van der Waals surface area (Å²) in [6.45, 7) is 0.671. The SMILES string of the molecule is COc1ccc(Cn2nc(/C=C/c3ccccn3)c3c(NC4CCCCC4)nccc32)cc1. The molecule has 0 aliphatic heterocycles. The van der Waals surface area contributed by atoms with Crippen LogP contribution in [0.1, 0.15) is 49.1 Å². The Kier molecular flexibility index (Phi) is 6.33. The van der Waals surface area contributed by atoms with Gasteiger partial charge in [-0.15, -0.1) is 0 Å². The lowest BCUT2D eigenvalue weighted by Crippen LogP contribution is -2.22. The van der Waals surface area contributed by atoms with Crippen LogP contribution in [-0.4, -0.2) is 32.9 Å². The molecule has 1 fully saturated rings. The first-order chi connectivity index (χ1) is 16.3. The van der Waals surface area contributed by atoms with E-state index in [-0.39, 0.29) is 0 Å². The summed E-state index contributed by atoms with van der Waals surface area (Å²) in [5.74, 6) is 1.77. The lowest BCUT2D eigenvalue weighted by molar-refractivity contribution is 0.414. The van der Waals surface area contributed by atoms with Gasteiger partial charge in [-0.3, -0.25) is 9.67 Å². The van der Waals surface area contributed by atoms with Gasteiger partial charge in [-0.05, 0) is 60.9 Å². The maximum absolute atomic E-state index is 5.30. The minimum atomic E-state index is 0.467. The highest BCUT2D eigenvalue weighted by Gasteiger charge is 2.18. The zero-order valence-corrected chi connectivity index (χ0v) is 18.9. The minimum absolute atomic E-state index is 0.467. The molecule has 0 amide bonds. The van der Waals surface area contributed by atoms with Crippen LogP contribution in [0.3, 0.4) is 0 Å². The van der Waals surface area contributed by atoms with Crippen molar-refractivity contribution in [3.05, 3.63) is 77.9 Å². The van der Waals surface area contributed by atoms with Gasteiger partial charge in [-0.25, -0.2) is 4.98 Å². The third kappa shape index (κ3) is 4.90. The molecule has 0 spiro atoms. The highest BCUT2D eigenvalue weighted by atomic mass is 16.5. The molecule has 6 heteroatoms. The molecule has 0 radical (unpaired) electrons. The van der Waals surface area contributed by atoms with Gasteiger partial charge in [0.25, 0.3) is 0 Å². The molecule has 168 valence electrons. The fraction of sp³-hybridized carbons (Fsp3) is 0.296. The average Bonchev–Trinajstić information content (AvgIpc) is 3.23. The number of nitrogens with zero attached hydrogens (tertiary/aromatic N) is 4. The molecule has 1 saturated carbocycles. The average molecular weight is 440 g/mol. The maximum Gasteiger partial charge on any atom is 0.137 e. The number of rotatable bonds is 7. The summed E-state index contributed by atoms with van der Waals surface area (Å²) in [6.07, 6.45) is 14.0. The minimum Gasteiger partial charge on any atom is -0.497 e. The van der Waals surface area contributed by atoms with Gasteiger partial charge in [-0.2, -0.15) is 5.10 Å². The third-order valence-electron chi connectivity index (χ3n) is 6.23. The number of nitrogens with one attached hydrogen (secondary N) is 1. The van der Waals surface area contributed by atoms with Gasteiger partial charge in [-0.1, -0.05) is 37.5 Å². The normalized spacial score (nSPS) is 14.7. The van der Waals surface area contributed by atoms with E-state index < -0.39 is 0 Å². The molecule has 1 aliphatic rings. The van der Waals surface area contributed by atoms with Gasteiger partial charge in [0.05, 0.1) is 35.9 Å². The van der Waals surface area contributed by atoms with Gasteiger partial charge >= 0.3 is 0 Å². The highest BCUT2D eigenvalue weighted by Crippen LogP contribution is 2.30. The van der Waals surface area contributed by atoms with Crippen LogP contribution in [-0.2, 0) is 6.54 Å². The summed E-state index contributed by atoms with van der Waals surface area (Å²) in [5.41, 5.74) is 4.04. The maximum atomic E-state index is 5.30. The Morgan fingerprint density at radius 2 is 1.82 bits per heavy atom. The predicted octanol–water partition coefficient (Wildman–Crippen LogP) is 5.80. The number of anilines is 1. The molecule has 4 aromatic rings. The van der Waals surface area contributed by atoms with Crippen molar-refractivity contribution >= 4 is 28.9 Å². The standard InChI is InChI=1S/C27H29N5O/c1-33-23-13-10-20(11-14-23)19-32-25-16-18-29-27(30-22-8-3-2-4-9-22)26(25)24(31-32)15-12-21-7-5-6-17-28-21/h5-7,10-18,22H,2-4,8-9,19H2,1H3,(H,29,30)/b15-12+. The van der Waals surface area contributed by atoms with Crippen LogP contribution in [0.2, 0.25) is 0 Å². The van der Waals surface area contributed by atoms with E-state index in [0.29, 0.717) is 12.6 Å². The van der Waals surface area contributed by atoms with Crippen molar-refractivity contribution < 1.29 is 4.74 Å². The Morgan fingerprint density at radius 1 is 0.970 bits per heavy atom. The number of hydrogen-bond acceptors (Lipinski definition) is 5. The Labute approximate surface area is 194 Å². The topological polar surface area (TPSA) is 64.9 Å². The fourth-order valence-corrected chi connectivity index (χ4v) is 4.48. The van der Waals surface area contributed by atoms with Crippen LogP contribution in [0, 0.1) is 0 Å². The number of ether oxygens (including phenoxy) is 1. The number of benzene rings is 1. The number of aromatic nitrogens is 4. The summed E-state index contributed by atoms with van der Waals surface area (Å²) >= 11 is 0. The van der Waals surface area contributed by atoms with E-state index in [1.54, 1.807) is 13.3 Å². The van der Waals surface area contributed by atoms with Gasteiger partial charge in [0.2, 0.25) is 0 Å². The van der Waals surface area contributed by atoms with Crippen molar-refractivity contribution in [3.8, 4) is 5.75 Å². The lowest BCUT2D eigenvalue weighted by Gasteiger charge is -2.23. The van der Waals surface area contributed by atoms with Crippen molar-refractivity contribution in [1.29, 1.82) is 0 Å². The van der Waals surface area contributed by atoms with Crippen molar-refractivity contribution in [2.75, 3.05) is 12.4 Å². The van der Waals surface area contributed by atoms with Crippen molar-refractivity contribution in [3.63, 3.8) is 0 Å². The van der Waals surface area contributed by atoms with Crippen molar-refractivity contribution in [2.24, 2.45) is 0 Å². The van der Waals surface area contributed by atoms with Crippen LogP contribution in [0.5, 0.6) is 5.75 Å². The van der Waals surface area contributed by atoms with E-state index in [0.717, 1.165) is 33.9 Å². The fourth-order valence-electron chi connectivity index (χ4n) is 4.48. The molecule has 1 N–H and O–H groups in total. The van der Waals surface area contributed by atoms with E-state index in [1.165, 1.54) is 37.7 Å². The first-order valence-electron chi connectivity index (χ1n) is 11.6. The zero-order chi connectivity index (χ0) is 22.5. The molecule has 1 aliphatic carbocycles. The van der Waals surface area contributed by atoms with E-state index in [9.17, 15) is 0 Å². The smallest absolute Gasteiger partial charge is 0.137 e. The molecule has 6 nitrogen and oxygen atoms in total. The molecule has 3 heterocycles. The molecular weight excluding hydrogens is 410 g/mol. The number of methoxy groups -OCH3 is 1. The molecule has 3 aromatic heterocycles. The predicted molar refractivity (Wildman–Crippen MR) is 133 cm³/mol. The van der Waals surface area contributed by atoms with Crippen LogP contribution >= 0.6 is 0 Å². The molecule has 5 rings (SSSR count). The molecule has 0 saturated heterocycles. The Hall–Kier alpha value is -3.67. The molecule has 0 unspecified atom stereocenters. The zero-order valence-electron chi connectivity index (χ0n) is 18.9. The van der Waals surface area contributed by atoms with Gasteiger partial charge in [0.15, 0.2) is 0 Å². The van der Waals surface area contributed by atoms with Crippen LogP contribution in [0.25, 0.3) is 23.1 Å². The summed E-state index contributed by atoms with van der Waals surface area (Å²) in [7, 11) is 1.68. The molecule has 1 aromatic carbocycles. The number of hydrogen-bond donors (Lipinski definition) is 1. The largest absolute Gasteiger partial charge is 0.497 e. The molecular formula is C27H29N5O. The quantitative estimate of drug-likeness (QED) is 0.394. The molecule has 0 atom stereocenters. The Bertz CT molecular complexity index is 1220. The van der Waals surface area contributed by atoms with E-state index >= 15 is 0 Å². The van der Waals surface area contributed by atoms with Crippen molar-refractivity contribution in [1.82, 2.24) is 19.7 Å². The summed E-state index contributed by atoms with van der Waals surface area (Å²) < 4.78 is 7.36. The molecule has 0 bridgehead atoms. The second kappa shape index (κ2) is 9.86. The Morgan fingerprint density at radius 3 is 2.58 bits per heavy atom. The van der Waals surface area contributed by atoms with Crippen LogP contribution in [0.4, 0.5) is 5.82 Å². The number of fused-ring (bicyclic) bond motifs is 1. The third-order valence-corrected chi connectivity index (χ3v) is 6.23. The first kappa shape index (κ1) is 21.2. The molecule has 33 heavy (non-hydrogen) atoms. The van der Waals surface area contributed by atoms with E-state index in [4.69, 9.17) is 14.8 Å². The van der Waals surface area contributed by atoms with Crippen LogP contribution < -0.4 is 10.1 Å². The number of pyridine rings is 2. The first-order valence-corrected chi connectivity index (χ1v) is 11.6. The monoisotopic (exact) mass is 439 g/mol. The van der Waals surface area contributed by atoms with Gasteiger partial charge < -0.3 is 10.1 Å². The summed E-state index contributed by atoms with van der Waals surface area (Å²) in [6, 6.07) is 16.6. The van der Waals surface area contributed by atoms with E-state index in [2.05, 4.69) is 33.2 Å². The van der Waals surface area contributed by atoms with Crippen LogP contribution in [0.15, 0.2) is 60.9 Å². The van der Waals surface area contributed by atoms with Gasteiger partial charge in [0, 0.05) is 18.4 Å². The highest BCUT2D eigenvalue weighted by molar-refractivity contribution is 5.97. The second-order valence-corrected chi connectivity index (χ2v) is 8.51. The summed E-state index contributed by atoms with van der Waals surface area (Å²) in [5, 5.41) is 9.77. The Balaban J connectivity index is 1.53. The van der Waals surface area contributed by atoms with E-state index in [1.807, 2.05) is 48.7 Å². The lowest BCUT2D eigenvalue weighted by atomic mass is 9.95. The second-order valence-electron chi connectivity index (χ2n) is 8.51. The van der Waals surface area contributed by atoms with Crippen molar-refractivity contribution in [2.45, 2.75) is 44.7 Å². The van der Waals surface area contributed by atoms with Gasteiger partial charge in [0.1, 0.15) is 11.6 Å². The summed E-state index contributed by atoms with van der Waals surface area (Å²) in [4.78, 5) is 9.15.